The van der Waals surface area contributed by atoms with E-state index in [0.717, 1.165) is 16.9 Å². The normalized spacial score (nSPS) is 13.0. The van der Waals surface area contributed by atoms with Gasteiger partial charge in [-0.3, -0.25) is 4.79 Å². The maximum Gasteiger partial charge on any atom is 0.250 e. The Morgan fingerprint density at radius 1 is 1.23 bits per heavy atom. The molecule has 1 heterocycles. The van der Waals surface area contributed by atoms with Crippen LogP contribution in [0.15, 0.2) is 46.7 Å². The molecule has 0 bridgehead atoms. The predicted molar refractivity (Wildman–Crippen MR) is 87.1 cm³/mol. The summed E-state index contributed by atoms with van der Waals surface area (Å²) in [5, 5.41) is 0. The minimum Gasteiger partial charge on any atom is -0.368 e. The van der Waals surface area contributed by atoms with Crippen LogP contribution in [0.2, 0.25) is 0 Å². The fraction of sp³-hybridized carbons (Fsp3) is 0.267. The van der Waals surface area contributed by atoms with Crippen molar-refractivity contribution in [1.29, 1.82) is 0 Å². The van der Waals surface area contributed by atoms with Crippen molar-refractivity contribution in [3.05, 3.63) is 52.9 Å². The summed E-state index contributed by atoms with van der Waals surface area (Å²) < 4.78 is 27.3. The van der Waals surface area contributed by atoms with E-state index in [1.165, 1.54) is 11.3 Å². The van der Waals surface area contributed by atoms with E-state index >= 15 is 0 Å². The molecule has 0 unspecified atom stereocenters. The van der Waals surface area contributed by atoms with Crippen LogP contribution in [0.3, 0.4) is 0 Å². The van der Waals surface area contributed by atoms with Gasteiger partial charge in [0.15, 0.2) is 0 Å². The van der Waals surface area contributed by atoms with Gasteiger partial charge in [-0.1, -0.05) is 37.3 Å². The smallest absolute Gasteiger partial charge is 0.250 e. The van der Waals surface area contributed by atoms with Gasteiger partial charge in [0.1, 0.15) is 10.3 Å². The highest BCUT2D eigenvalue weighted by Gasteiger charge is 2.25. The zero-order chi connectivity index (χ0) is 16.2. The number of primary amides is 1. The summed E-state index contributed by atoms with van der Waals surface area (Å²) >= 11 is 1.20. The Morgan fingerprint density at radius 3 is 2.45 bits per heavy atom. The molecule has 2 aromatic rings. The van der Waals surface area contributed by atoms with Crippen LogP contribution >= 0.6 is 11.3 Å². The third kappa shape index (κ3) is 4.16. The average molecular weight is 338 g/mol. The second-order valence-corrected chi connectivity index (χ2v) is 7.95. The Labute approximate surface area is 134 Å². The molecule has 0 aliphatic carbocycles. The van der Waals surface area contributed by atoms with Crippen LogP contribution in [-0.2, 0) is 27.7 Å². The van der Waals surface area contributed by atoms with Crippen LogP contribution in [0.4, 0.5) is 0 Å². The number of thiophene rings is 1. The molecule has 1 amide bonds. The molecule has 0 aliphatic heterocycles. The lowest BCUT2D eigenvalue weighted by Gasteiger charge is -2.15. The summed E-state index contributed by atoms with van der Waals surface area (Å²) in [6, 6.07) is 11.5. The fourth-order valence-electron chi connectivity index (χ4n) is 1.99. The van der Waals surface area contributed by atoms with Gasteiger partial charge in [-0.2, -0.15) is 4.72 Å². The number of benzene rings is 1. The molecule has 0 saturated heterocycles. The van der Waals surface area contributed by atoms with Crippen LogP contribution in [0.25, 0.3) is 0 Å². The van der Waals surface area contributed by atoms with Crippen molar-refractivity contribution in [1.82, 2.24) is 4.72 Å². The molecule has 1 aromatic heterocycles. The Balaban J connectivity index is 2.18. The summed E-state index contributed by atoms with van der Waals surface area (Å²) in [6.45, 7) is 1.96. The predicted octanol–water partition coefficient (Wildman–Crippen LogP) is 1.69. The minimum atomic E-state index is -3.75. The number of rotatable bonds is 7. The second kappa shape index (κ2) is 7.04. The number of aryl methyl sites for hydroxylation is 1. The zero-order valence-electron chi connectivity index (χ0n) is 12.2. The van der Waals surface area contributed by atoms with Crippen molar-refractivity contribution >= 4 is 27.3 Å². The van der Waals surface area contributed by atoms with Crippen molar-refractivity contribution in [2.75, 3.05) is 0 Å². The molecule has 1 aromatic carbocycles. The minimum absolute atomic E-state index is 0.198. The Kier molecular flexibility index (Phi) is 5.33. The molecular weight excluding hydrogens is 320 g/mol. The molecule has 5 nitrogen and oxygen atoms in total. The number of hydrogen-bond acceptors (Lipinski definition) is 4. The fourth-order valence-corrected chi connectivity index (χ4v) is 4.50. The molecule has 2 rings (SSSR count). The molecule has 0 saturated carbocycles. The first-order valence-electron chi connectivity index (χ1n) is 6.86. The van der Waals surface area contributed by atoms with Crippen molar-refractivity contribution in [2.45, 2.75) is 30.0 Å². The van der Waals surface area contributed by atoms with E-state index in [-0.39, 0.29) is 10.6 Å². The lowest BCUT2D eigenvalue weighted by atomic mass is 10.1. The first-order chi connectivity index (χ1) is 10.4. The Bertz CT molecular complexity index is 739. The molecule has 0 radical (unpaired) electrons. The standard InChI is InChI=1S/C15H18N2O3S2/c1-2-12-8-9-14(21-12)22(19,20)17-13(15(16)18)10-11-6-4-3-5-7-11/h3-9,13,17H,2,10H2,1H3,(H2,16,18)/t13-/m0/s1. The molecule has 0 spiro atoms. The summed E-state index contributed by atoms with van der Waals surface area (Å²) in [4.78, 5) is 12.5. The average Bonchev–Trinajstić information content (AvgIpc) is 2.97. The van der Waals surface area contributed by atoms with Crippen LogP contribution in [0, 0.1) is 0 Å². The molecule has 118 valence electrons. The number of nitrogens with two attached hydrogens (primary N) is 1. The number of carbonyl (C=O) groups is 1. The largest absolute Gasteiger partial charge is 0.368 e. The van der Waals surface area contributed by atoms with Crippen molar-refractivity contribution in [3.63, 3.8) is 0 Å². The van der Waals surface area contributed by atoms with Crippen LogP contribution in [0.1, 0.15) is 17.4 Å². The van der Waals surface area contributed by atoms with E-state index in [0.29, 0.717) is 0 Å². The maximum atomic E-state index is 12.4. The van der Waals surface area contributed by atoms with Crippen LogP contribution in [-0.4, -0.2) is 20.4 Å². The van der Waals surface area contributed by atoms with E-state index < -0.39 is 22.0 Å². The Morgan fingerprint density at radius 2 is 1.91 bits per heavy atom. The summed E-state index contributed by atoms with van der Waals surface area (Å²) in [7, 11) is -3.75. The summed E-state index contributed by atoms with van der Waals surface area (Å²) in [5.74, 6) is -0.695. The van der Waals surface area contributed by atoms with Gasteiger partial charge in [0.25, 0.3) is 10.0 Å². The third-order valence-electron chi connectivity index (χ3n) is 3.17. The number of nitrogens with one attached hydrogen (secondary N) is 1. The first-order valence-corrected chi connectivity index (χ1v) is 9.16. The van der Waals surface area contributed by atoms with E-state index in [1.54, 1.807) is 12.1 Å². The molecular formula is C15H18N2O3S2. The van der Waals surface area contributed by atoms with E-state index in [4.69, 9.17) is 5.73 Å². The number of amides is 1. The number of sulfonamides is 1. The summed E-state index contributed by atoms with van der Waals surface area (Å²) in [5.41, 5.74) is 6.18. The van der Waals surface area contributed by atoms with Gasteiger partial charge in [0.2, 0.25) is 5.91 Å². The van der Waals surface area contributed by atoms with Gasteiger partial charge in [-0.15, -0.1) is 11.3 Å². The van der Waals surface area contributed by atoms with Crippen molar-refractivity contribution in [3.8, 4) is 0 Å². The highest BCUT2D eigenvalue weighted by atomic mass is 32.2. The SMILES string of the molecule is CCc1ccc(S(=O)(=O)N[C@@H](Cc2ccccc2)C(N)=O)s1. The molecule has 1 atom stereocenters. The van der Waals surface area contributed by atoms with Gasteiger partial charge >= 0.3 is 0 Å². The van der Waals surface area contributed by atoms with E-state index in [9.17, 15) is 13.2 Å². The van der Waals surface area contributed by atoms with Crippen LogP contribution < -0.4 is 10.5 Å². The zero-order valence-corrected chi connectivity index (χ0v) is 13.8. The lowest BCUT2D eigenvalue weighted by Crippen LogP contribution is -2.45. The van der Waals surface area contributed by atoms with Gasteiger partial charge in [0.05, 0.1) is 0 Å². The Hall–Kier alpha value is -1.70. The maximum absolute atomic E-state index is 12.4. The van der Waals surface area contributed by atoms with E-state index in [2.05, 4.69) is 4.72 Å². The first kappa shape index (κ1) is 16.7. The summed E-state index contributed by atoms with van der Waals surface area (Å²) in [6.07, 6.45) is 0.991. The quantitative estimate of drug-likeness (QED) is 0.805. The topological polar surface area (TPSA) is 89.3 Å². The van der Waals surface area contributed by atoms with E-state index in [1.807, 2.05) is 37.3 Å². The molecule has 7 heteroatoms. The van der Waals surface area contributed by atoms with Crippen LogP contribution in [0.5, 0.6) is 0 Å². The van der Waals surface area contributed by atoms with Crippen molar-refractivity contribution in [2.24, 2.45) is 5.73 Å². The number of carbonyl (C=O) groups excluding carboxylic acids is 1. The van der Waals surface area contributed by atoms with Gasteiger partial charge in [-0.25, -0.2) is 8.42 Å². The lowest BCUT2D eigenvalue weighted by molar-refractivity contribution is -0.119. The van der Waals surface area contributed by atoms with Gasteiger partial charge in [-0.05, 0) is 30.5 Å². The molecule has 22 heavy (non-hydrogen) atoms. The molecule has 0 fully saturated rings. The van der Waals surface area contributed by atoms with Crippen molar-refractivity contribution < 1.29 is 13.2 Å². The van der Waals surface area contributed by atoms with Gasteiger partial charge < -0.3 is 5.73 Å². The molecule has 0 aliphatic rings. The second-order valence-electron chi connectivity index (χ2n) is 4.84. The third-order valence-corrected chi connectivity index (χ3v) is 6.37. The molecule has 3 N–H and O–H groups in total. The highest BCUT2D eigenvalue weighted by molar-refractivity contribution is 7.91. The number of hydrogen-bond donors (Lipinski definition) is 2. The highest BCUT2D eigenvalue weighted by Crippen LogP contribution is 2.22. The monoisotopic (exact) mass is 338 g/mol. The van der Waals surface area contributed by atoms with Gasteiger partial charge in [0, 0.05) is 4.88 Å².